The summed E-state index contributed by atoms with van der Waals surface area (Å²) in [6.45, 7) is 10.4. The van der Waals surface area contributed by atoms with Gasteiger partial charge in [-0.2, -0.15) is 5.10 Å². The molecular formula is C23H31N7O. The standard InChI is InChI=1S/C23H31N7O/c1-18-22(19(2)30(26-18)16-20-7-5-4-6-8-20)15-25-23(24-3)29-12-10-28(11-13-29)17-21-9-14-31-27-21/h4-9,14H,10-13,15-17H2,1-3H3,(H,24,25). The third-order valence-electron chi connectivity index (χ3n) is 5.89. The van der Waals surface area contributed by atoms with Crippen LogP contribution >= 0.6 is 0 Å². The van der Waals surface area contributed by atoms with Crippen molar-refractivity contribution in [2.45, 2.75) is 33.5 Å². The van der Waals surface area contributed by atoms with Gasteiger partial charge in [-0.05, 0) is 19.4 Å². The summed E-state index contributed by atoms with van der Waals surface area (Å²) in [5.74, 6) is 0.940. The minimum absolute atomic E-state index is 0.721. The fraction of sp³-hybridized carbons (Fsp3) is 0.435. The Morgan fingerprint density at radius 1 is 1.06 bits per heavy atom. The van der Waals surface area contributed by atoms with Crippen LogP contribution in [-0.2, 0) is 19.6 Å². The van der Waals surface area contributed by atoms with Crippen molar-refractivity contribution in [3.8, 4) is 0 Å². The van der Waals surface area contributed by atoms with Crippen molar-refractivity contribution in [3.05, 3.63) is 70.9 Å². The SMILES string of the molecule is CN=C(NCc1c(C)nn(Cc2ccccc2)c1C)N1CCN(Cc2ccon2)CC1. The Hall–Kier alpha value is -3.13. The van der Waals surface area contributed by atoms with Gasteiger partial charge in [0.1, 0.15) is 6.26 Å². The van der Waals surface area contributed by atoms with Crippen molar-refractivity contribution >= 4 is 5.96 Å². The Labute approximate surface area is 183 Å². The fourth-order valence-electron chi connectivity index (χ4n) is 4.07. The highest BCUT2D eigenvalue weighted by atomic mass is 16.5. The fourth-order valence-corrected chi connectivity index (χ4v) is 4.07. The summed E-state index contributed by atoms with van der Waals surface area (Å²) >= 11 is 0. The van der Waals surface area contributed by atoms with Gasteiger partial charge in [0.2, 0.25) is 0 Å². The van der Waals surface area contributed by atoms with Crippen LogP contribution in [0, 0.1) is 13.8 Å². The highest BCUT2D eigenvalue weighted by Crippen LogP contribution is 2.15. The second-order valence-corrected chi connectivity index (χ2v) is 7.95. The quantitative estimate of drug-likeness (QED) is 0.487. The Bertz CT molecular complexity index is 987. The van der Waals surface area contributed by atoms with Crippen LogP contribution in [0.2, 0.25) is 0 Å². The minimum atomic E-state index is 0.721. The van der Waals surface area contributed by atoms with E-state index in [2.05, 4.69) is 68.1 Å². The number of piperazine rings is 1. The van der Waals surface area contributed by atoms with Gasteiger partial charge in [0.15, 0.2) is 5.96 Å². The minimum Gasteiger partial charge on any atom is -0.364 e. The molecule has 31 heavy (non-hydrogen) atoms. The number of nitrogens with zero attached hydrogens (tertiary/aromatic N) is 6. The van der Waals surface area contributed by atoms with Crippen molar-refractivity contribution in [2.24, 2.45) is 4.99 Å². The molecule has 0 amide bonds. The summed E-state index contributed by atoms with van der Waals surface area (Å²) in [4.78, 5) is 9.23. The summed E-state index contributed by atoms with van der Waals surface area (Å²) < 4.78 is 7.03. The van der Waals surface area contributed by atoms with Gasteiger partial charge in [-0.3, -0.25) is 14.6 Å². The van der Waals surface area contributed by atoms with Gasteiger partial charge in [0.25, 0.3) is 0 Å². The molecule has 8 nitrogen and oxygen atoms in total. The van der Waals surface area contributed by atoms with E-state index < -0.39 is 0 Å². The molecule has 1 N–H and O–H groups in total. The van der Waals surface area contributed by atoms with Crippen LogP contribution in [0.1, 0.15) is 28.2 Å². The molecular weight excluding hydrogens is 390 g/mol. The molecule has 3 aromatic rings. The number of hydrogen-bond acceptors (Lipinski definition) is 5. The predicted octanol–water partition coefficient (Wildman–Crippen LogP) is 2.43. The number of nitrogens with one attached hydrogen (secondary N) is 1. The number of aryl methyl sites for hydroxylation is 1. The zero-order valence-corrected chi connectivity index (χ0v) is 18.6. The molecule has 1 fully saturated rings. The first-order chi connectivity index (χ1) is 15.1. The summed E-state index contributed by atoms with van der Waals surface area (Å²) in [6, 6.07) is 12.4. The third kappa shape index (κ3) is 5.14. The van der Waals surface area contributed by atoms with E-state index in [1.165, 1.54) is 16.8 Å². The van der Waals surface area contributed by atoms with E-state index in [0.717, 1.165) is 63.2 Å². The van der Waals surface area contributed by atoms with Crippen molar-refractivity contribution in [3.63, 3.8) is 0 Å². The van der Waals surface area contributed by atoms with E-state index in [-0.39, 0.29) is 0 Å². The molecule has 0 unspecified atom stereocenters. The van der Waals surface area contributed by atoms with E-state index in [1.807, 2.05) is 19.2 Å². The highest BCUT2D eigenvalue weighted by molar-refractivity contribution is 5.80. The largest absolute Gasteiger partial charge is 0.364 e. The number of guanidine groups is 1. The van der Waals surface area contributed by atoms with E-state index in [1.54, 1.807) is 6.26 Å². The maximum Gasteiger partial charge on any atom is 0.194 e. The molecule has 1 aromatic carbocycles. The lowest BCUT2D eigenvalue weighted by molar-refractivity contribution is 0.169. The van der Waals surface area contributed by atoms with E-state index in [9.17, 15) is 0 Å². The first-order valence-electron chi connectivity index (χ1n) is 10.8. The van der Waals surface area contributed by atoms with Crippen LogP contribution in [-0.4, -0.2) is 63.9 Å². The van der Waals surface area contributed by atoms with Gasteiger partial charge < -0.3 is 14.7 Å². The Morgan fingerprint density at radius 3 is 2.52 bits per heavy atom. The third-order valence-corrected chi connectivity index (χ3v) is 5.89. The first-order valence-corrected chi connectivity index (χ1v) is 10.8. The molecule has 1 aliphatic heterocycles. The molecule has 0 spiro atoms. The van der Waals surface area contributed by atoms with Gasteiger partial charge in [-0.15, -0.1) is 0 Å². The van der Waals surface area contributed by atoms with Crippen LogP contribution < -0.4 is 5.32 Å². The number of rotatable bonds is 6. The lowest BCUT2D eigenvalue weighted by Gasteiger charge is -2.36. The summed E-state index contributed by atoms with van der Waals surface area (Å²) in [6.07, 6.45) is 1.63. The molecule has 164 valence electrons. The molecule has 1 saturated heterocycles. The lowest BCUT2D eigenvalue weighted by atomic mass is 10.2. The summed E-state index contributed by atoms with van der Waals surface area (Å²) in [5, 5.41) is 12.3. The molecule has 0 radical (unpaired) electrons. The average Bonchev–Trinajstić information content (AvgIpc) is 3.39. The van der Waals surface area contributed by atoms with Crippen LogP contribution in [0.5, 0.6) is 0 Å². The molecule has 0 saturated carbocycles. The smallest absolute Gasteiger partial charge is 0.194 e. The van der Waals surface area contributed by atoms with Gasteiger partial charge in [0, 0.05) is 63.6 Å². The Balaban J connectivity index is 1.33. The first kappa shape index (κ1) is 21.1. The molecule has 0 atom stereocenters. The van der Waals surface area contributed by atoms with Crippen molar-refractivity contribution < 1.29 is 4.52 Å². The molecule has 1 aliphatic rings. The van der Waals surface area contributed by atoms with Gasteiger partial charge in [-0.25, -0.2) is 0 Å². The summed E-state index contributed by atoms with van der Waals surface area (Å²) in [7, 11) is 1.85. The van der Waals surface area contributed by atoms with Crippen molar-refractivity contribution in [1.82, 2.24) is 30.1 Å². The molecule has 3 heterocycles. The second kappa shape index (κ2) is 9.78. The van der Waals surface area contributed by atoms with Crippen LogP contribution in [0.15, 0.2) is 52.2 Å². The van der Waals surface area contributed by atoms with Crippen molar-refractivity contribution in [1.29, 1.82) is 0 Å². The Kier molecular flexibility index (Phi) is 6.66. The molecule has 0 aliphatic carbocycles. The molecule has 2 aromatic heterocycles. The normalized spacial score (nSPS) is 15.5. The topological polar surface area (TPSA) is 74.7 Å². The maximum atomic E-state index is 4.94. The van der Waals surface area contributed by atoms with Crippen molar-refractivity contribution in [2.75, 3.05) is 33.2 Å². The number of aromatic nitrogens is 3. The maximum absolute atomic E-state index is 4.94. The molecule has 8 heteroatoms. The van der Waals surface area contributed by atoms with Gasteiger partial charge in [-0.1, -0.05) is 35.5 Å². The monoisotopic (exact) mass is 421 g/mol. The second-order valence-electron chi connectivity index (χ2n) is 7.95. The van der Waals surface area contributed by atoms with E-state index in [0.29, 0.717) is 0 Å². The number of benzene rings is 1. The van der Waals surface area contributed by atoms with Gasteiger partial charge >= 0.3 is 0 Å². The van der Waals surface area contributed by atoms with E-state index in [4.69, 9.17) is 9.62 Å². The lowest BCUT2D eigenvalue weighted by Crippen LogP contribution is -2.52. The highest BCUT2D eigenvalue weighted by Gasteiger charge is 2.21. The average molecular weight is 422 g/mol. The van der Waals surface area contributed by atoms with Gasteiger partial charge in [0.05, 0.1) is 17.9 Å². The van der Waals surface area contributed by atoms with E-state index >= 15 is 0 Å². The van der Waals surface area contributed by atoms with Crippen LogP contribution in [0.25, 0.3) is 0 Å². The zero-order valence-electron chi connectivity index (χ0n) is 18.6. The molecule has 0 bridgehead atoms. The zero-order chi connectivity index (χ0) is 21.6. The summed E-state index contributed by atoms with van der Waals surface area (Å²) in [5.41, 5.74) is 5.73. The predicted molar refractivity (Wildman–Crippen MR) is 121 cm³/mol. The Morgan fingerprint density at radius 2 is 1.84 bits per heavy atom. The molecule has 4 rings (SSSR count). The number of aliphatic imine (C=N–C) groups is 1. The van der Waals surface area contributed by atoms with Crippen LogP contribution in [0.4, 0.5) is 0 Å². The van der Waals surface area contributed by atoms with Crippen LogP contribution in [0.3, 0.4) is 0 Å². The number of hydrogen-bond donors (Lipinski definition) is 1.